The van der Waals surface area contributed by atoms with Gasteiger partial charge in [-0.2, -0.15) is 0 Å². The average Bonchev–Trinajstić information content (AvgIpc) is 3.38. The predicted molar refractivity (Wildman–Crippen MR) is 97.4 cm³/mol. The molecule has 130 valence electrons. The number of likely N-dealkylation sites (N-methyl/N-ethyl adjacent to an activating group) is 1. The van der Waals surface area contributed by atoms with Crippen LogP contribution in [0, 0.1) is 5.92 Å². The number of hydrogen-bond donors (Lipinski definition) is 0. The minimum atomic E-state index is 0.352. The molecule has 3 fully saturated rings. The Morgan fingerprint density at radius 3 is 2.29 bits per heavy atom. The zero-order chi connectivity index (χ0) is 16.5. The molecule has 0 aromatic heterocycles. The second-order valence-electron chi connectivity index (χ2n) is 7.56. The van der Waals surface area contributed by atoms with Gasteiger partial charge in [-0.05, 0) is 56.0 Å². The molecule has 24 heavy (non-hydrogen) atoms. The Labute approximate surface area is 145 Å². The van der Waals surface area contributed by atoms with Crippen LogP contribution in [0.2, 0.25) is 0 Å². The van der Waals surface area contributed by atoms with Gasteiger partial charge in [0.1, 0.15) is 0 Å². The van der Waals surface area contributed by atoms with Gasteiger partial charge < -0.3 is 14.7 Å². The smallest absolute Gasteiger partial charge is 0.225 e. The largest absolute Gasteiger partial charge is 0.368 e. The molecule has 1 saturated carbocycles. The Kier molecular flexibility index (Phi) is 4.49. The van der Waals surface area contributed by atoms with Crippen molar-refractivity contribution in [3.63, 3.8) is 0 Å². The summed E-state index contributed by atoms with van der Waals surface area (Å²) in [5, 5.41) is 0. The topological polar surface area (TPSA) is 26.8 Å². The van der Waals surface area contributed by atoms with Crippen molar-refractivity contribution in [3.8, 4) is 0 Å². The van der Waals surface area contributed by atoms with Gasteiger partial charge in [0, 0.05) is 44.3 Å². The SMILES string of the molecule is CCN1CCC(c2ccc(N3CCN(C(=O)C4CC4)CC3)cc2)C1. The van der Waals surface area contributed by atoms with E-state index in [9.17, 15) is 4.79 Å². The Bertz CT molecular complexity index is 573. The van der Waals surface area contributed by atoms with E-state index in [1.807, 2.05) is 0 Å². The summed E-state index contributed by atoms with van der Waals surface area (Å²) in [6.07, 6.45) is 3.50. The summed E-state index contributed by atoms with van der Waals surface area (Å²) in [6, 6.07) is 9.20. The maximum Gasteiger partial charge on any atom is 0.225 e. The first-order valence-electron chi connectivity index (χ1n) is 9.60. The molecule has 2 aliphatic heterocycles. The van der Waals surface area contributed by atoms with E-state index in [2.05, 4.69) is 45.9 Å². The summed E-state index contributed by atoms with van der Waals surface area (Å²) in [7, 11) is 0. The highest BCUT2D eigenvalue weighted by molar-refractivity contribution is 5.81. The van der Waals surface area contributed by atoms with Gasteiger partial charge in [-0.15, -0.1) is 0 Å². The van der Waals surface area contributed by atoms with Crippen molar-refractivity contribution in [2.45, 2.75) is 32.1 Å². The van der Waals surface area contributed by atoms with Gasteiger partial charge in [0.05, 0.1) is 0 Å². The normalized spacial score (nSPS) is 25.3. The van der Waals surface area contributed by atoms with E-state index in [0.29, 0.717) is 17.7 Å². The number of anilines is 1. The molecule has 1 unspecified atom stereocenters. The number of rotatable bonds is 4. The number of likely N-dealkylation sites (tertiary alicyclic amines) is 1. The Hall–Kier alpha value is -1.55. The highest BCUT2D eigenvalue weighted by Gasteiger charge is 2.34. The average molecular weight is 327 g/mol. The standard InChI is InChI=1S/C20H29N3O/c1-2-21-10-9-18(15-21)16-5-7-19(8-6-16)22-11-13-23(14-12-22)20(24)17-3-4-17/h5-8,17-18H,2-4,9-15H2,1H3. The molecule has 0 bridgehead atoms. The highest BCUT2D eigenvalue weighted by atomic mass is 16.2. The van der Waals surface area contributed by atoms with Crippen LogP contribution >= 0.6 is 0 Å². The van der Waals surface area contributed by atoms with Crippen LogP contribution in [0.3, 0.4) is 0 Å². The zero-order valence-corrected chi connectivity index (χ0v) is 14.8. The van der Waals surface area contributed by atoms with Crippen LogP contribution in [0.5, 0.6) is 0 Å². The first kappa shape index (κ1) is 15.9. The van der Waals surface area contributed by atoms with E-state index in [1.165, 1.54) is 37.3 Å². The molecule has 4 rings (SSSR count). The summed E-state index contributed by atoms with van der Waals surface area (Å²) in [4.78, 5) is 19.2. The van der Waals surface area contributed by atoms with Crippen LogP contribution in [0.25, 0.3) is 0 Å². The Morgan fingerprint density at radius 1 is 1.00 bits per heavy atom. The van der Waals surface area contributed by atoms with Gasteiger partial charge in [0.2, 0.25) is 5.91 Å². The fourth-order valence-electron chi connectivity index (χ4n) is 4.12. The second kappa shape index (κ2) is 6.75. The molecular formula is C20H29N3O. The molecule has 0 spiro atoms. The third kappa shape index (κ3) is 3.30. The van der Waals surface area contributed by atoms with Crippen molar-refractivity contribution in [2.24, 2.45) is 5.92 Å². The fourth-order valence-corrected chi connectivity index (χ4v) is 4.12. The number of carbonyl (C=O) groups excluding carboxylic acids is 1. The fraction of sp³-hybridized carbons (Fsp3) is 0.650. The zero-order valence-electron chi connectivity index (χ0n) is 14.8. The van der Waals surface area contributed by atoms with E-state index in [4.69, 9.17) is 0 Å². The summed E-state index contributed by atoms with van der Waals surface area (Å²) >= 11 is 0. The monoisotopic (exact) mass is 327 g/mol. The molecule has 1 aliphatic carbocycles. The lowest BCUT2D eigenvalue weighted by molar-refractivity contribution is -0.132. The van der Waals surface area contributed by atoms with Gasteiger partial charge in [-0.3, -0.25) is 4.79 Å². The van der Waals surface area contributed by atoms with Crippen molar-refractivity contribution < 1.29 is 4.79 Å². The molecule has 4 nitrogen and oxygen atoms in total. The van der Waals surface area contributed by atoms with E-state index < -0.39 is 0 Å². The number of hydrogen-bond acceptors (Lipinski definition) is 3. The molecule has 1 aromatic rings. The molecule has 2 heterocycles. The van der Waals surface area contributed by atoms with Crippen LogP contribution in [0.1, 0.15) is 37.7 Å². The van der Waals surface area contributed by atoms with Gasteiger partial charge in [0.25, 0.3) is 0 Å². The molecule has 0 N–H and O–H groups in total. The predicted octanol–water partition coefficient (Wildman–Crippen LogP) is 2.55. The van der Waals surface area contributed by atoms with Crippen LogP contribution in [-0.4, -0.2) is 61.5 Å². The number of nitrogens with zero attached hydrogens (tertiary/aromatic N) is 3. The third-order valence-electron chi connectivity index (χ3n) is 5.97. The van der Waals surface area contributed by atoms with Crippen molar-refractivity contribution in [1.29, 1.82) is 0 Å². The van der Waals surface area contributed by atoms with Crippen molar-refractivity contribution in [2.75, 3.05) is 50.7 Å². The number of benzene rings is 1. The van der Waals surface area contributed by atoms with Crippen LogP contribution < -0.4 is 4.90 Å². The minimum Gasteiger partial charge on any atom is -0.368 e. The van der Waals surface area contributed by atoms with Gasteiger partial charge in [-0.25, -0.2) is 0 Å². The van der Waals surface area contributed by atoms with E-state index in [-0.39, 0.29) is 0 Å². The minimum absolute atomic E-state index is 0.352. The van der Waals surface area contributed by atoms with Crippen LogP contribution in [0.4, 0.5) is 5.69 Å². The van der Waals surface area contributed by atoms with Crippen molar-refractivity contribution in [1.82, 2.24) is 9.80 Å². The van der Waals surface area contributed by atoms with Crippen molar-refractivity contribution in [3.05, 3.63) is 29.8 Å². The lowest BCUT2D eigenvalue weighted by Gasteiger charge is -2.36. The molecule has 1 aromatic carbocycles. The molecule has 0 radical (unpaired) electrons. The van der Waals surface area contributed by atoms with Gasteiger partial charge >= 0.3 is 0 Å². The van der Waals surface area contributed by atoms with Crippen LogP contribution in [0.15, 0.2) is 24.3 Å². The van der Waals surface area contributed by atoms with E-state index >= 15 is 0 Å². The lowest BCUT2D eigenvalue weighted by Crippen LogP contribution is -2.49. The maximum absolute atomic E-state index is 12.1. The summed E-state index contributed by atoms with van der Waals surface area (Å²) in [6.45, 7) is 9.54. The molecule has 4 heteroatoms. The first-order valence-corrected chi connectivity index (χ1v) is 9.60. The number of amides is 1. The first-order chi connectivity index (χ1) is 11.7. The Morgan fingerprint density at radius 2 is 1.71 bits per heavy atom. The summed E-state index contributed by atoms with van der Waals surface area (Å²) < 4.78 is 0. The second-order valence-corrected chi connectivity index (χ2v) is 7.56. The maximum atomic E-state index is 12.1. The molecular weight excluding hydrogens is 298 g/mol. The van der Waals surface area contributed by atoms with Gasteiger partial charge in [-0.1, -0.05) is 19.1 Å². The highest BCUT2D eigenvalue weighted by Crippen LogP contribution is 2.32. The summed E-state index contributed by atoms with van der Waals surface area (Å²) in [5.74, 6) is 1.45. The molecule has 1 atom stereocenters. The summed E-state index contributed by atoms with van der Waals surface area (Å²) in [5.41, 5.74) is 2.79. The lowest BCUT2D eigenvalue weighted by atomic mass is 9.98. The van der Waals surface area contributed by atoms with E-state index in [1.54, 1.807) is 0 Å². The Balaban J connectivity index is 1.33. The number of piperazine rings is 1. The number of carbonyl (C=O) groups is 1. The quantitative estimate of drug-likeness (QED) is 0.850. The van der Waals surface area contributed by atoms with Crippen LogP contribution in [-0.2, 0) is 4.79 Å². The third-order valence-corrected chi connectivity index (χ3v) is 5.97. The molecule has 2 saturated heterocycles. The molecule has 1 amide bonds. The van der Waals surface area contributed by atoms with Gasteiger partial charge in [0.15, 0.2) is 0 Å². The van der Waals surface area contributed by atoms with Crippen molar-refractivity contribution >= 4 is 11.6 Å². The molecule has 3 aliphatic rings. The van der Waals surface area contributed by atoms with E-state index in [0.717, 1.165) is 39.0 Å².